The molecule has 0 aromatic heterocycles. The van der Waals surface area contributed by atoms with Crippen LogP contribution in [-0.2, 0) is 9.53 Å². The van der Waals surface area contributed by atoms with Gasteiger partial charge in [-0.2, -0.15) is 0 Å². The lowest BCUT2D eigenvalue weighted by Crippen LogP contribution is -2.32. The van der Waals surface area contributed by atoms with Gasteiger partial charge in [0.1, 0.15) is 0 Å². The molecule has 0 heterocycles. The molecule has 0 radical (unpaired) electrons. The van der Waals surface area contributed by atoms with Crippen LogP contribution in [0, 0.1) is 0 Å². The Morgan fingerprint density at radius 1 is 1.55 bits per heavy atom. The Kier molecular flexibility index (Phi) is 4.76. The van der Waals surface area contributed by atoms with Gasteiger partial charge in [0, 0.05) is 11.5 Å². The van der Waals surface area contributed by atoms with E-state index in [-0.39, 0.29) is 5.97 Å². The number of esters is 1. The van der Waals surface area contributed by atoms with Gasteiger partial charge in [-0.3, -0.25) is 4.79 Å². The highest BCUT2D eigenvalue weighted by Crippen LogP contribution is 2.11. The molecule has 0 spiro atoms. The summed E-state index contributed by atoms with van der Waals surface area (Å²) in [6.45, 7) is 6.44. The fraction of sp³-hybridized carbons (Fsp3) is 0.857. The Morgan fingerprint density at radius 2 is 2.09 bits per heavy atom. The van der Waals surface area contributed by atoms with Crippen LogP contribution < -0.4 is 0 Å². The van der Waals surface area contributed by atoms with Gasteiger partial charge in [0.25, 0.3) is 0 Å². The molecule has 0 aromatic carbocycles. The summed E-state index contributed by atoms with van der Waals surface area (Å²) in [7, 11) is -1.49. The molecule has 0 saturated carbocycles. The van der Waals surface area contributed by atoms with Gasteiger partial charge >= 0.3 is 5.97 Å². The van der Waals surface area contributed by atoms with Gasteiger partial charge in [0.05, 0.1) is 14.7 Å². The standard InChI is InChI=1S/C7H15ClO2Si/c1-4-10-7(9)5-11(2,3)6-8/h4-6H2,1-3H3. The second-order valence-electron chi connectivity index (χ2n) is 3.28. The van der Waals surface area contributed by atoms with Crippen molar-refractivity contribution in [2.75, 3.05) is 12.1 Å². The number of hydrogen-bond donors (Lipinski definition) is 0. The molecule has 0 saturated heterocycles. The summed E-state index contributed by atoms with van der Waals surface area (Å²) in [6.07, 6.45) is 0. The molecular formula is C7H15ClO2Si. The lowest BCUT2D eigenvalue weighted by Gasteiger charge is -2.16. The van der Waals surface area contributed by atoms with Crippen molar-refractivity contribution in [3.63, 3.8) is 0 Å². The first-order chi connectivity index (χ1) is 5.02. The minimum Gasteiger partial charge on any atom is -0.466 e. The van der Waals surface area contributed by atoms with Crippen LogP contribution in [0.3, 0.4) is 0 Å². The molecule has 0 unspecified atom stereocenters. The summed E-state index contributed by atoms with van der Waals surface area (Å²) in [5.41, 5.74) is 0.617. The highest BCUT2D eigenvalue weighted by atomic mass is 35.5. The summed E-state index contributed by atoms with van der Waals surface area (Å²) >= 11 is 5.69. The maximum Gasteiger partial charge on any atom is 0.303 e. The first-order valence-corrected chi connectivity index (χ1v) is 7.68. The van der Waals surface area contributed by atoms with Crippen molar-refractivity contribution in [3.8, 4) is 0 Å². The van der Waals surface area contributed by atoms with Crippen LogP contribution in [-0.4, -0.2) is 26.2 Å². The molecule has 0 aromatic rings. The van der Waals surface area contributed by atoms with E-state index in [1.54, 1.807) is 0 Å². The Morgan fingerprint density at radius 3 is 2.45 bits per heavy atom. The third-order valence-corrected chi connectivity index (χ3v) is 5.43. The maximum absolute atomic E-state index is 11.0. The molecule has 0 aliphatic heterocycles. The predicted molar refractivity (Wildman–Crippen MR) is 49.6 cm³/mol. The van der Waals surface area contributed by atoms with Crippen LogP contribution in [0.4, 0.5) is 0 Å². The zero-order valence-corrected chi connectivity index (χ0v) is 9.07. The van der Waals surface area contributed by atoms with Crippen LogP contribution in [0.15, 0.2) is 0 Å². The molecular weight excluding hydrogens is 180 g/mol. The predicted octanol–water partition coefficient (Wildman–Crippen LogP) is 2.04. The number of hydrogen-bond acceptors (Lipinski definition) is 2. The first-order valence-electron chi connectivity index (χ1n) is 3.73. The van der Waals surface area contributed by atoms with Crippen molar-refractivity contribution >= 4 is 25.6 Å². The molecule has 11 heavy (non-hydrogen) atoms. The lowest BCUT2D eigenvalue weighted by atomic mass is 10.8. The van der Waals surface area contributed by atoms with Crippen molar-refractivity contribution in [1.29, 1.82) is 0 Å². The van der Waals surface area contributed by atoms with Crippen LogP contribution in [0.25, 0.3) is 0 Å². The van der Waals surface area contributed by atoms with Crippen LogP contribution in [0.2, 0.25) is 19.1 Å². The largest absolute Gasteiger partial charge is 0.466 e. The van der Waals surface area contributed by atoms with E-state index in [0.717, 1.165) is 0 Å². The fourth-order valence-electron chi connectivity index (χ4n) is 0.650. The summed E-state index contributed by atoms with van der Waals surface area (Å²) < 4.78 is 4.82. The van der Waals surface area contributed by atoms with E-state index in [4.69, 9.17) is 16.3 Å². The minimum atomic E-state index is -1.49. The first kappa shape index (κ1) is 11.0. The van der Waals surface area contributed by atoms with Gasteiger partial charge < -0.3 is 4.74 Å². The number of rotatable bonds is 4. The highest BCUT2D eigenvalue weighted by molar-refractivity contribution is 6.85. The fourth-order valence-corrected chi connectivity index (χ4v) is 1.91. The van der Waals surface area contributed by atoms with Crippen LogP contribution in [0.5, 0.6) is 0 Å². The molecule has 0 amide bonds. The van der Waals surface area contributed by atoms with Gasteiger partial charge in [0.15, 0.2) is 0 Å². The summed E-state index contributed by atoms with van der Waals surface area (Å²) in [5, 5.41) is 0. The smallest absolute Gasteiger partial charge is 0.303 e. The van der Waals surface area contributed by atoms with E-state index in [1.165, 1.54) is 0 Å². The summed E-state index contributed by atoms with van der Waals surface area (Å²) in [5.74, 6) is -0.107. The van der Waals surface area contributed by atoms with E-state index >= 15 is 0 Å². The molecule has 2 nitrogen and oxygen atoms in total. The van der Waals surface area contributed by atoms with Crippen molar-refractivity contribution < 1.29 is 9.53 Å². The Balaban J connectivity index is 3.74. The van der Waals surface area contributed by atoms with E-state index in [2.05, 4.69) is 13.1 Å². The Bertz CT molecular complexity index is 136. The Hall–Kier alpha value is -0.0231. The molecule has 0 aliphatic rings. The molecule has 0 aliphatic carbocycles. The van der Waals surface area contributed by atoms with Gasteiger partial charge in [0.2, 0.25) is 0 Å². The molecule has 0 fully saturated rings. The van der Waals surface area contributed by atoms with Crippen molar-refractivity contribution in [2.24, 2.45) is 0 Å². The summed E-state index contributed by atoms with van der Waals surface area (Å²) in [4.78, 5) is 11.0. The molecule has 0 rings (SSSR count). The van der Waals surface area contributed by atoms with Gasteiger partial charge in [-0.25, -0.2) is 0 Å². The number of ether oxygens (including phenoxy) is 1. The second-order valence-corrected chi connectivity index (χ2v) is 9.03. The molecule has 0 N–H and O–H groups in total. The van der Waals surface area contributed by atoms with Gasteiger partial charge in [-0.1, -0.05) is 13.1 Å². The van der Waals surface area contributed by atoms with Crippen molar-refractivity contribution in [1.82, 2.24) is 0 Å². The van der Waals surface area contributed by atoms with E-state index in [0.29, 0.717) is 18.2 Å². The van der Waals surface area contributed by atoms with Crippen molar-refractivity contribution in [3.05, 3.63) is 0 Å². The molecule has 4 heteroatoms. The Labute approximate surface area is 73.9 Å². The lowest BCUT2D eigenvalue weighted by molar-refractivity contribution is -0.140. The summed E-state index contributed by atoms with van der Waals surface area (Å²) in [6, 6.07) is 0.532. The topological polar surface area (TPSA) is 26.3 Å². The van der Waals surface area contributed by atoms with Crippen molar-refractivity contribution in [2.45, 2.75) is 26.1 Å². The third-order valence-electron chi connectivity index (χ3n) is 1.29. The SMILES string of the molecule is CCOC(=O)C[Si](C)(C)CCl. The average molecular weight is 195 g/mol. The number of carbonyl (C=O) groups is 1. The minimum absolute atomic E-state index is 0.107. The van der Waals surface area contributed by atoms with E-state index in [9.17, 15) is 4.79 Å². The average Bonchev–Trinajstić information content (AvgIpc) is 1.87. The second kappa shape index (κ2) is 4.77. The van der Waals surface area contributed by atoms with Crippen LogP contribution in [0.1, 0.15) is 6.92 Å². The van der Waals surface area contributed by atoms with Crippen LogP contribution >= 0.6 is 11.6 Å². The molecule has 0 atom stereocenters. The highest BCUT2D eigenvalue weighted by Gasteiger charge is 2.23. The monoisotopic (exact) mass is 194 g/mol. The number of halogens is 1. The zero-order valence-electron chi connectivity index (χ0n) is 7.32. The molecule has 66 valence electrons. The maximum atomic E-state index is 11.0. The van der Waals surface area contributed by atoms with E-state index < -0.39 is 8.07 Å². The van der Waals surface area contributed by atoms with Gasteiger partial charge in [-0.15, -0.1) is 11.6 Å². The normalized spacial score (nSPS) is 11.3. The van der Waals surface area contributed by atoms with E-state index in [1.807, 2.05) is 6.92 Å². The number of carbonyl (C=O) groups excluding carboxylic acids is 1. The quantitative estimate of drug-likeness (QED) is 0.389. The molecule has 0 bridgehead atoms. The number of alkyl halides is 1. The van der Waals surface area contributed by atoms with Gasteiger partial charge in [-0.05, 0) is 6.92 Å². The third kappa shape index (κ3) is 5.27. The zero-order chi connectivity index (χ0) is 8.91.